The summed E-state index contributed by atoms with van der Waals surface area (Å²) in [5, 5.41) is 0. The Morgan fingerprint density at radius 1 is 1.06 bits per heavy atom. The van der Waals surface area contributed by atoms with Crippen molar-refractivity contribution in [3.63, 3.8) is 0 Å². The third kappa shape index (κ3) is 3.89. The number of rotatable bonds is 6. The van der Waals surface area contributed by atoms with E-state index in [2.05, 4.69) is 61.5 Å². The van der Waals surface area contributed by atoms with Crippen LogP contribution in [0.2, 0.25) is 0 Å². The quantitative estimate of drug-likeness (QED) is 0.587. The minimum absolute atomic E-state index is 0.0910. The molecule has 5 nitrogen and oxygen atoms in total. The van der Waals surface area contributed by atoms with Gasteiger partial charge in [0.25, 0.3) is 0 Å². The highest BCUT2D eigenvalue weighted by Gasteiger charge is 2.63. The maximum atomic E-state index is 13.8. The molecule has 3 heterocycles. The predicted octanol–water partition coefficient (Wildman–Crippen LogP) is 5.02. The van der Waals surface area contributed by atoms with Crippen LogP contribution in [0.15, 0.2) is 43.0 Å². The summed E-state index contributed by atoms with van der Waals surface area (Å²) in [6, 6.07) is 10.5. The van der Waals surface area contributed by atoms with E-state index < -0.39 is 0 Å². The third-order valence-corrected chi connectivity index (χ3v) is 8.48. The number of carbonyl (C=O) groups is 2. The van der Waals surface area contributed by atoms with E-state index in [9.17, 15) is 9.59 Å². The van der Waals surface area contributed by atoms with Crippen molar-refractivity contribution < 1.29 is 9.59 Å². The molecule has 2 unspecified atom stereocenters. The Hall–Kier alpha value is -2.14. The Bertz CT molecular complexity index is 865. The van der Waals surface area contributed by atoms with Gasteiger partial charge in [0.2, 0.25) is 0 Å². The van der Waals surface area contributed by atoms with Crippen molar-refractivity contribution in [3.8, 4) is 0 Å². The molecule has 5 heteroatoms. The van der Waals surface area contributed by atoms with Gasteiger partial charge in [0, 0.05) is 37.1 Å². The molecule has 1 aliphatic carbocycles. The largest absolute Gasteiger partial charge is 0.325 e. The Balaban J connectivity index is 1.63. The number of likely N-dealkylation sites (N-methyl/N-ethyl adjacent to an activating group) is 1. The number of benzene rings is 1. The molecule has 1 aromatic carbocycles. The minimum atomic E-state index is -0.354. The van der Waals surface area contributed by atoms with E-state index in [1.165, 1.54) is 5.56 Å². The number of ketones is 1. The molecule has 3 aliphatic heterocycles. The van der Waals surface area contributed by atoms with Gasteiger partial charge in [-0.25, -0.2) is 4.79 Å². The van der Waals surface area contributed by atoms with Crippen LogP contribution in [0.3, 0.4) is 0 Å². The number of hydrogen-bond acceptors (Lipinski definition) is 3. The van der Waals surface area contributed by atoms with E-state index in [1.54, 1.807) is 6.08 Å². The van der Waals surface area contributed by atoms with Crippen LogP contribution in [0.1, 0.15) is 70.8 Å². The molecule has 3 atom stereocenters. The van der Waals surface area contributed by atoms with E-state index in [4.69, 9.17) is 0 Å². The molecule has 0 spiro atoms. The van der Waals surface area contributed by atoms with Crippen molar-refractivity contribution in [1.82, 2.24) is 14.7 Å². The smallest absolute Gasteiger partial charge is 0.320 e. The van der Waals surface area contributed by atoms with Crippen LogP contribution < -0.4 is 0 Å². The molecule has 5 rings (SSSR count). The normalized spacial score (nSPS) is 32.5. The number of amides is 2. The van der Waals surface area contributed by atoms with Gasteiger partial charge in [-0.2, -0.15) is 0 Å². The fraction of sp³-hybridized carbons (Fsp3) is 0.630. The first-order chi connectivity index (χ1) is 15.2. The standard InChI is InChI=1S/C27H39N3O2/c1-5-12-23(31)27-16-11-15-25(2,20-26(3,21-27)28(27)4)30(19-22-13-7-6-8-14-22)24(32)29-17-9-10-18-29/h5-8,13-14H,1,9-12,15-21H2,2-4H3/t25-,26?,27?/m0/s1. The maximum absolute atomic E-state index is 13.8. The second kappa shape index (κ2) is 8.66. The first-order valence-corrected chi connectivity index (χ1v) is 12.2. The van der Waals surface area contributed by atoms with Crippen LogP contribution in [0, 0.1) is 0 Å². The van der Waals surface area contributed by atoms with Gasteiger partial charge < -0.3 is 9.80 Å². The number of carbonyl (C=O) groups excluding carboxylic acids is 2. The summed E-state index contributed by atoms with van der Waals surface area (Å²) in [7, 11) is 2.11. The second-order valence-corrected chi connectivity index (χ2v) is 10.8. The summed E-state index contributed by atoms with van der Waals surface area (Å²) in [6.45, 7) is 10.7. The highest BCUT2D eigenvalue weighted by molar-refractivity contribution is 5.91. The summed E-state index contributed by atoms with van der Waals surface area (Å²) in [5.74, 6) is 0.297. The molecular weight excluding hydrogens is 398 g/mol. The average Bonchev–Trinajstić information content (AvgIpc) is 3.30. The first kappa shape index (κ1) is 23.0. The molecule has 1 saturated carbocycles. The zero-order chi connectivity index (χ0) is 23.0. The highest BCUT2D eigenvalue weighted by atomic mass is 16.2. The average molecular weight is 438 g/mol. The van der Waals surface area contributed by atoms with Crippen LogP contribution in [0.5, 0.6) is 0 Å². The van der Waals surface area contributed by atoms with Crippen molar-refractivity contribution in [2.75, 3.05) is 20.1 Å². The van der Waals surface area contributed by atoms with Gasteiger partial charge in [-0.1, -0.05) is 36.4 Å². The molecule has 0 radical (unpaired) electrons. The molecule has 1 aromatic rings. The topological polar surface area (TPSA) is 43.9 Å². The Kier molecular flexibility index (Phi) is 6.23. The lowest BCUT2D eigenvalue weighted by Crippen LogP contribution is -2.77. The van der Waals surface area contributed by atoms with Gasteiger partial charge in [-0.05, 0) is 71.4 Å². The lowest BCUT2D eigenvalue weighted by atomic mass is 9.58. The van der Waals surface area contributed by atoms with Crippen LogP contribution in [0.25, 0.3) is 0 Å². The van der Waals surface area contributed by atoms with Crippen molar-refractivity contribution in [2.24, 2.45) is 0 Å². The molecule has 32 heavy (non-hydrogen) atoms. The van der Waals surface area contributed by atoms with Crippen molar-refractivity contribution in [3.05, 3.63) is 48.6 Å². The molecule has 0 aromatic heterocycles. The van der Waals surface area contributed by atoms with E-state index in [0.29, 0.717) is 18.7 Å². The minimum Gasteiger partial charge on any atom is -0.325 e. The number of hydrogen-bond donors (Lipinski definition) is 0. The number of fused-ring (bicyclic) bond motifs is 4. The van der Waals surface area contributed by atoms with E-state index >= 15 is 0 Å². The SMILES string of the molecule is C=CCC(=O)C12CCC[C@](C)(N(Cc3ccccc3)C(=O)N3CCCC3)CC(C)(C1)N2C. The van der Waals surface area contributed by atoms with Crippen LogP contribution in [-0.2, 0) is 11.3 Å². The van der Waals surface area contributed by atoms with Crippen molar-refractivity contribution in [2.45, 2.75) is 88.4 Å². The molecule has 3 saturated heterocycles. The highest BCUT2D eigenvalue weighted by Crippen LogP contribution is 2.54. The molecule has 4 fully saturated rings. The monoisotopic (exact) mass is 437 g/mol. The summed E-state index contributed by atoms with van der Waals surface area (Å²) in [4.78, 5) is 33.3. The summed E-state index contributed by atoms with van der Waals surface area (Å²) in [6.07, 6.45) is 8.84. The van der Waals surface area contributed by atoms with E-state index in [-0.39, 0.29) is 22.6 Å². The zero-order valence-electron chi connectivity index (χ0n) is 20.1. The number of nitrogens with zero attached hydrogens (tertiary/aromatic N) is 3. The number of urea groups is 1. The number of Topliss-reactive ketones (excluding diaryl/α,β-unsaturated/α-hetero) is 1. The van der Waals surface area contributed by atoms with Crippen LogP contribution in [-0.4, -0.2) is 63.3 Å². The van der Waals surface area contributed by atoms with Gasteiger partial charge in [0.05, 0.1) is 5.54 Å². The van der Waals surface area contributed by atoms with Crippen LogP contribution in [0.4, 0.5) is 4.79 Å². The Labute approximate surface area is 193 Å². The van der Waals surface area contributed by atoms with E-state index in [0.717, 1.165) is 58.0 Å². The lowest BCUT2D eigenvalue weighted by molar-refractivity contribution is -0.174. The Morgan fingerprint density at radius 2 is 1.75 bits per heavy atom. The van der Waals surface area contributed by atoms with Gasteiger partial charge in [0.15, 0.2) is 5.78 Å². The maximum Gasteiger partial charge on any atom is 0.320 e. The number of allylic oxidation sites excluding steroid dienone is 1. The van der Waals surface area contributed by atoms with Crippen LogP contribution >= 0.6 is 0 Å². The van der Waals surface area contributed by atoms with Crippen molar-refractivity contribution in [1.29, 1.82) is 0 Å². The van der Waals surface area contributed by atoms with Gasteiger partial charge in [-0.3, -0.25) is 9.69 Å². The second-order valence-electron chi connectivity index (χ2n) is 10.8. The molecule has 2 amide bonds. The zero-order valence-corrected chi connectivity index (χ0v) is 20.1. The summed E-state index contributed by atoms with van der Waals surface area (Å²) >= 11 is 0. The fourth-order valence-electron chi connectivity index (χ4n) is 6.71. The van der Waals surface area contributed by atoms with Crippen molar-refractivity contribution >= 4 is 11.8 Å². The fourth-order valence-corrected chi connectivity index (χ4v) is 6.71. The molecule has 174 valence electrons. The lowest BCUT2D eigenvalue weighted by Gasteiger charge is -2.66. The Morgan fingerprint density at radius 3 is 2.38 bits per heavy atom. The molecule has 2 bridgehead atoms. The van der Waals surface area contributed by atoms with Gasteiger partial charge in [-0.15, -0.1) is 6.58 Å². The predicted molar refractivity (Wildman–Crippen MR) is 128 cm³/mol. The van der Waals surface area contributed by atoms with E-state index in [1.807, 2.05) is 11.0 Å². The third-order valence-electron chi connectivity index (χ3n) is 8.48. The summed E-state index contributed by atoms with van der Waals surface area (Å²) < 4.78 is 0. The van der Waals surface area contributed by atoms with Gasteiger partial charge >= 0.3 is 6.03 Å². The first-order valence-electron chi connectivity index (χ1n) is 12.2. The van der Waals surface area contributed by atoms with Gasteiger partial charge in [0.1, 0.15) is 0 Å². The molecule has 4 aliphatic rings. The molecule has 0 N–H and O–H groups in total. The molecular formula is C27H39N3O2. The number of likely N-dealkylation sites (tertiary alicyclic amines) is 1. The summed E-state index contributed by atoms with van der Waals surface area (Å²) in [5.41, 5.74) is 0.470.